The van der Waals surface area contributed by atoms with Crippen molar-refractivity contribution in [1.29, 1.82) is 0 Å². The highest BCUT2D eigenvalue weighted by molar-refractivity contribution is 7.89. The van der Waals surface area contributed by atoms with Crippen molar-refractivity contribution in [3.05, 3.63) is 12.4 Å². The van der Waals surface area contributed by atoms with Gasteiger partial charge < -0.3 is 5.32 Å². The van der Waals surface area contributed by atoms with Gasteiger partial charge in [-0.15, -0.1) is 0 Å². The number of nitrogens with one attached hydrogen (secondary N) is 2. The number of rotatable bonds is 3. The van der Waals surface area contributed by atoms with Crippen molar-refractivity contribution in [2.45, 2.75) is 24.3 Å². The van der Waals surface area contributed by atoms with E-state index in [0.29, 0.717) is 18.4 Å². The van der Waals surface area contributed by atoms with E-state index < -0.39 is 10.0 Å². The zero-order valence-electron chi connectivity index (χ0n) is 10.3. The highest BCUT2D eigenvalue weighted by Gasteiger charge is 2.48. The van der Waals surface area contributed by atoms with E-state index in [4.69, 9.17) is 0 Å². The summed E-state index contributed by atoms with van der Waals surface area (Å²) in [7, 11) is -3.39. The van der Waals surface area contributed by atoms with Gasteiger partial charge in [-0.1, -0.05) is 6.92 Å². The maximum Gasteiger partial charge on any atom is 0.246 e. The highest BCUT2D eigenvalue weighted by atomic mass is 32.2. The average Bonchev–Trinajstić information content (AvgIpc) is 3.05. The smallest absolute Gasteiger partial charge is 0.246 e. The molecule has 1 aromatic heterocycles. The second-order valence-corrected chi connectivity index (χ2v) is 6.96. The summed E-state index contributed by atoms with van der Waals surface area (Å²) in [6.07, 6.45) is 3.70. The van der Waals surface area contributed by atoms with Crippen molar-refractivity contribution in [1.82, 2.24) is 19.8 Å². The quantitative estimate of drug-likeness (QED) is 0.812. The molecule has 6 nitrogen and oxygen atoms in total. The molecular weight excluding hydrogens is 252 g/mol. The van der Waals surface area contributed by atoms with E-state index in [-0.39, 0.29) is 10.9 Å². The molecule has 0 aliphatic carbocycles. The fraction of sp³-hybridized carbons (Fsp3) is 0.727. The Kier molecular flexibility index (Phi) is 2.91. The molecule has 3 rings (SSSR count). The van der Waals surface area contributed by atoms with Crippen LogP contribution in [0.1, 0.15) is 13.3 Å². The van der Waals surface area contributed by atoms with Crippen LogP contribution < -0.4 is 5.32 Å². The zero-order valence-corrected chi connectivity index (χ0v) is 11.2. The lowest BCUT2D eigenvalue weighted by atomic mass is 9.93. The first kappa shape index (κ1) is 12.1. The third kappa shape index (κ3) is 1.69. The number of fused-ring (bicyclic) bond motifs is 1. The summed E-state index contributed by atoms with van der Waals surface area (Å²) in [6.45, 7) is 4.55. The lowest BCUT2D eigenvalue weighted by Gasteiger charge is -2.25. The molecule has 0 bridgehead atoms. The molecule has 0 saturated carbocycles. The standard InChI is InChI=1S/C11H18N4O2S/c1-2-11-10-6-12-3-8(10)7-15(11)18(16,17)9-4-13-14-5-9/h4-5,8,10-12H,2-3,6-7H2,1H3,(H,13,14). The highest BCUT2D eigenvalue weighted by Crippen LogP contribution is 2.37. The van der Waals surface area contributed by atoms with Crippen molar-refractivity contribution in [3.63, 3.8) is 0 Å². The third-order valence-corrected chi connectivity index (χ3v) is 6.02. The van der Waals surface area contributed by atoms with Crippen LogP contribution in [0.2, 0.25) is 0 Å². The molecule has 1 aromatic rings. The number of aromatic amines is 1. The molecule has 7 heteroatoms. The van der Waals surface area contributed by atoms with Crippen LogP contribution in [-0.4, -0.2) is 48.6 Å². The summed E-state index contributed by atoms with van der Waals surface area (Å²) >= 11 is 0. The van der Waals surface area contributed by atoms with Crippen molar-refractivity contribution >= 4 is 10.0 Å². The summed E-state index contributed by atoms with van der Waals surface area (Å²) in [5.41, 5.74) is 0. The van der Waals surface area contributed by atoms with E-state index in [2.05, 4.69) is 22.4 Å². The molecule has 3 unspecified atom stereocenters. The molecule has 2 aliphatic rings. The molecular formula is C11H18N4O2S. The van der Waals surface area contributed by atoms with Gasteiger partial charge in [-0.3, -0.25) is 5.10 Å². The molecule has 18 heavy (non-hydrogen) atoms. The van der Waals surface area contributed by atoms with E-state index >= 15 is 0 Å². The second-order valence-electron chi connectivity index (χ2n) is 5.07. The second kappa shape index (κ2) is 4.32. The molecule has 0 aromatic carbocycles. The van der Waals surface area contributed by atoms with Crippen LogP contribution in [-0.2, 0) is 10.0 Å². The fourth-order valence-electron chi connectivity index (χ4n) is 3.28. The van der Waals surface area contributed by atoms with Gasteiger partial charge in [0.2, 0.25) is 10.0 Å². The number of H-pyrrole nitrogens is 1. The van der Waals surface area contributed by atoms with Crippen LogP contribution in [0.5, 0.6) is 0 Å². The molecule has 3 heterocycles. The lowest BCUT2D eigenvalue weighted by Crippen LogP contribution is -2.39. The van der Waals surface area contributed by atoms with E-state index in [0.717, 1.165) is 19.5 Å². The Balaban J connectivity index is 1.93. The number of sulfonamides is 1. The summed E-state index contributed by atoms with van der Waals surface area (Å²) in [4.78, 5) is 0.272. The van der Waals surface area contributed by atoms with Gasteiger partial charge in [0, 0.05) is 18.8 Å². The molecule has 3 atom stereocenters. The van der Waals surface area contributed by atoms with Gasteiger partial charge in [0.15, 0.2) is 0 Å². The normalized spacial score (nSPS) is 32.8. The number of hydrogen-bond acceptors (Lipinski definition) is 4. The van der Waals surface area contributed by atoms with Crippen LogP contribution in [0, 0.1) is 11.8 Å². The molecule has 0 radical (unpaired) electrons. The fourth-order valence-corrected chi connectivity index (χ4v) is 4.99. The SMILES string of the molecule is CCC1C2CNCC2CN1S(=O)(=O)c1cn[nH]c1. The maximum absolute atomic E-state index is 12.5. The van der Waals surface area contributed by atoms with E-state index in [1.807, 2.05) is 0 Å². The van der Waals surface area contributed by atoms with E-state index in [1.54, 1.807) is 4.31 Å². The topological polar surface area (TPSA) is 78.1 Å². The predicted octanol–water partition coefficient (Wildman–Crippen LogP) is 0.0282. The summed E-state index contributed by atoms with van der Waals surface area (Å²) in [5, 5.41) is 9.67. The van der Waals surface area contributed by atoms with Gasteiger partial charge in [-0.2, -0.15) is 9.40 Å². The minimum Gasteiger partial charge on any atom is -0.316 e. The van der Waals surface area contributed by atoms with Crippen molar-refractivity contribution in [3.8, 4) is 0 Å². The van der Waals surface area contributed by atoms with Gasteiger partial charge in [-0.05, 0) is 31.3 Å². The predicted molar refractivity (Wildman–Crippen MR) is 66.4 cm³/mol. The van der Waals surface area contributed by atoms with E-state index in [1.165, 1.54) is 12.4 Å². The average molecular weight is 270 g/mol. The Hall–Kier alpha value is -0.920. The molecule has 2 fully saturated rings. The first-order chi connectivity index (χ1) is 8.64. The Bertz CT molecular complexity index is 513. The molecule has 2 N–H and O–H groups in total. The van der Waals surface area contributed by atoms with E-state index in [9.17, 15) is 8.42 Å². The molecule has 0 amide bonds. The Morgan fingerprint density at radius 2 is 2.33 bits per heavy atom. The Morgan fingerprint density at radius 3 is 3.00 bits per heavy atom. The van der Waals surface area contributed by atoms with Gasteiger partial charge in [0.1, 0.15) is 4.90 Å². The van der Waals surface area contributed by atoms with Crippen LogP contribution in [0.3, 0.4) is 0 Å². The van der Waals surface area contributed by atoms with Crippen LogP contribution in [0.25, 0.3) is 0 Å². The molecule has 100 valence electrons. The van der Waals surface area contributed by atoms with Crippen molar-refractivity contribution < 1.29 is 8.42 Å². The first-order valence-electron chi connectivity index (χ1n) is 6.36. The minimum atomic E-state index is -3.39. The van der Waals surface area contributed by atoms with Crippen LogP contribution >= 0.6 is 0 Å². The monoisotopic (exact) mass is 270 g/mol. The molecule has 2 saturated heterocycles. The van der Waals surface area contributed by atoms with Crippen LogP contribution in [0.15, 0.2) is 17.3 Å². The van der Waals surface area contributed by atoms with Gasteiger partial charge in [-0.25, -0.2) is 8.42 Å². The largest absolute Gasteiger partial charge is 0.316 e. The zero-order chi connectivity index (χ0) is 12.8. The van der Waals surface area contributed by atoms with Gasteiger partial charge in [0.05, 0.1) is 6.20 Å². The summed E-state index contributed by atoms with van der Waals surface area (Å²) in [5.74, 6) is 0.910. The van der Waals surface area contributed by atoms with Crippen LogP contribution in [0.4, 0.5) is 0 Å². The number of aromatic nitrogens is 2. The molecule has 0 spiro atoms. The maximum atomic E-state index is 12.5. The lowest BCUT2D eigenvalue weighted by molar-refractivity contribution is 0.329. The number of hydrogen-bond donors (Lipinski definition) is 2. The number of nitrogens with zero attached hydrogens (tertiary/aromatic N) is 2. The third-order valence-electron chi connectivity index (χ3n) is 4.17. The minimum absolute atomic E-state index is 0.116. The Morgan fingerprint density at radius 1 is 1.50 bits per heavy atom. The summed E-state index contributed by atoms with van der Waals surface area (Å²) < 4.78 is 26.8. The van der Waals surface area contributed by atoms with Crippen molar-refractivity contribution in [2.75, 3.05) is 19.6 Å². The van der Waals surface area contributed by atoms with Gasteiger partial charge >= 0.3 is 0 Å². The Labute approximate surface area is 107 Å². The molecule has 2 aliphatic heterocycles. The van der Waals surface area contributed by atoms with Gasteiger partial charge in [0.25, 0.3) is 0 Å². The summed E-state index contributed by atoms with van der Waals surface area (Å²) in [6, 6.07) is 0.116. The first-order valence-corrected chi connectivity index (χ1v) is 7.80. The van der Waals surface area contributed by atoms with Crippen molar-refractivity contribution in [2.24, 2.45) is 11.8 Å².